The molecule has 23 heavy (non-hydrogen) atoms. The highest BCUT2D eigenvalue weighted by Gasteiger charge is 2.09. The highest BCUT2D eigenvalue weighted by Crippen LogP contribution is 2.31. The number of rotatable bonds is 4. The van der Waals surface area contributed by atoms with Crippen LogP contribution in [0, 0.1) is 5.82 Å². The molecule has 4 aromatic rings. The third-order valence-electron chi connectivity index (χ3n) is 3.73. The summed E-state index contributed by atoms with van der Waals surface area (Å²) in [5.41, 5.74) is 4.19. The Morgan fingerprint density at radius 2 is 1.91 bits per heavy atom. The van der Waals surface area contributed by atoms with E-state index in [2.05, 4.69) is 27.4 Å². The Morgan fingerprint density at radius 3 is 2.78 bits per heavy atom. The number of thiazole rings is 1. The van der Waals surface area contributed by atoms with Crippen molar-refractivity contribution < 1.29 is 4.39 Å². The average molecular weight is 323 g/mol. The minimum atomic E-state index is -0.218. The van der Waals surface area contributed by atoms with E-state index in [4.69, 9.17) is 0 Å². The van der Waals surface area contributed by atoms with Gasteiger partial charge in [0.05, 0.1) is 5.69 Å². The van der Waals surface area contributed by atoms with Crippen LogP contribution in [-0.4, -0.2) is 9.97 Å². The summed E-state index contributed by atoms with van der Waals surface area (Å²) in [7, 11) is 0. The summed E-state index contributed by atoms with van der Waals surface area (Å²) in [5, 5.41) is 7.36. The first kappa shape index (κ1) is 14.0. The Bertz CT molecular complexity index is 940. The van der Waals surface area contributed by atoms with Gasteiger partial charge in [-0.3, -0.25) is 0 Å². The predicted molar refractivity (Wildman–Crippen MR) is 93.1 cm³/mol. The van der Waals surface area contributed by atoms with Gasteiger partial charge in [-0.1, -0.05) is 30.3 Å². The summed E-state index contributed by atoms with van der Waals surface area (Å²) in [6.45, 7) is 0.626. The second-order valence-corrected chi connectivity index (χ2v) is 6.12. The van der Waals surface area contributed by atoms with E-state index in [1.54, 1.807) is 23.5 Å². The summed E-state index contributed by atoms with van der Waals surface area (Å²) >= 11 is 1.57. The molecule has 0 aliphatic rings. The minimum absolute atomic E-state index is 0.218. The lowest BCUT2D eigenvalue weighted by Crippen LogP contribution is -1.98. The van der Waals surface area contributed by atoms with E-state index in [0.717, 1.165) is 27.5 Å². The maximum Gasteiger partial charge on any atom is 0.183 e. The number of para-hydroxylation sites is 1. The first-order chi connectivity index (χ1) is 11.3. The molecule has 0 aliphatic heterocycles. The lowest BCUT2D eigenvalue weighted by atomic mass is 10.1. The first-order valence-corrected chi connectivity index (χ1v) is 8.18. The normalized spacial score (nSPS) is 11.0. The highest BCUT2D eigenvalue weighted by atomic mass is 32.1. The summed E-state index contributed by atoms with van der Waals surface area (Å²) in [6.07, 6.45) is 1.99. The number of aromatic nitrogens is 2. The molecule has 5 heteroatoms. The lowest BCUT2D eigenvalue weighted by Gasteiger charge is -2.02. The van der Waals surface area contributed by atoms with Crippen LogP contribution in [0.25, 0.3) is 22.2 Å². The number of fused-ring (bicyclic) bond motifs is 1. The molecular weight excluding hydrogens is 309 g/mol. The van der Waals surface area contributed by atoms with Crippen LogP contribution in [0.5, 0.6) is 0 Å². The van der Waals surface area contributed by atoms with Crippen molar-refractivity contribution in [2.24, 2.45) is 0 Å². The van der Waals surface area contributed by atoms with Crippen molar-refractivity contribution in [1.82, 2.24) is 9.97 Å². The molecule has 0 saturated carbocycles. The van der Waals surface area contributed by atoms with Crippen molar-refractivity contribution in [1.29, 1.82) is 0 Å². The summed E-state index contributed by atoms with van der Waals surface area (Å²) in [6, 6.07) is 14.7. The van der Waals surface area contributed by atoms with E-state index in [1.807, 2.05) is 23.7 Å². The van der Waals surface area contributed by atoms with Crippen molar-refractivity contribution in [2.75, 3.05) is 5.32 Å². The van der Waals surface area contributed by atoms with Crippen LogP contribution in [-0.2, 0) is 6.54 Å². The molecule has 0 unspecified atom stereocenters. The SMILES string of the molecule is Fc1ccc(CNc2nc(-c3c[nH]c4ccccc34)cs2)cc1. The van der Waals surface area contributed by atoms with Crippen molar-refractivity contribution in [3.05, 3.63) is 71.5 Å². The van der Waals surface area contributed by atoms with Gasteiger partial charge in [0.25, 0.3) is 0 Å². The number of aromatic amines is 1. The smallest absolute Gasteiger partial charge is 0.183 e. The van der Waals surface area contributed by atoms with Crippen LogP contribution in [0.4, 0.5) is 9.52 Å². The molecule has 0 amide bonds. The maximum absolute atomic E-state index is 12.9. The van der Waals surface area contributed by atoms with Gasteiger partial charge >= 0.3 is 0 Å². The van der Waals surface area contributed by atoms with Gasteiger partial charge < -0.3 is 10.3 Å². The number of nitrogens with one attached hydrogen (secondary N) is 2. The molecule has 2 heterocycles. The molecule has 0 radical (unpaired) electrons. The van der Waals surface area contributed by atoms with Gasteiger partial charge in [0.1, 0.15) is 5.82 Å². The van der Waals surface area contributed by atoms with Gasteiger partial charge in [0.2, 0.25) is 0 Å². The lowest BCUT2D eigenvalue weighted by molar-refractivity contribution is 0.627. The van der Waals surface area contributed by atoms with E-state index < -0.39 is 0 Å². The molecular formula is C18H14FN3S. The monoisotopic (exact) mass is 323 g/mol. The minimum Gasteiger partial charge on any atom is -0.360 e. The van der Waals surface area contributed by atoms with E-state index in [-0.39, 0.29) is 5.82 Å². The predicted octanol–water partition coefficient (Wildman–Crippen LogP) is 5.04. The molecule has 0 fully saturated rings. The molecule has 3 nitrogen and oxygen atoms in total. The molecule has 2 N–H and O–H groups in total. The molecule has 0 aliphatic carbocycles. The number of hydrogen-bond donors (Lipinski definition) is 2. The first-order valence-electron chi connectivity index (χ1n) is 7.30. The van der Waals surface area contributed by atoms with E-state index in [1.165, 1.54) is 17.5 Å². The second kappa shape index (κ2) is 5.85. The van der Waals surface area contributed by atoms with Crippen LogP contribution in [0.1, 0.15) is 5.56 Å². The Morgan fingerprint density at radius 1 is 1.09 bits per heavy atom. The van der Waals surface area contributed by atoms with E-state index in [9.17, 15) is 4.39 Å². The van der Waals surface area contributed by atoms with Crippen LogP contribution in [0.3, 0.4) is 0 Å². The van der Waals surface area contributed by atoms with Gasteiger partial charge in [-0.05, 0) is 23.8 Å². The average Bonchev–Trinajstić information content (AvgIpc) is 3.20. The molecule has 0 spiro atoms. The van der Waals surface area contributed by atoms with Crippen molar-refractivity contribution in [2.45, 2.75) is 6.54 Å². The quantitative estimate of drug-likeness (QED) is 0.552. The number of benzene rings is 2. The second-order valence-electron chi connectivity index (χ2n) is 5.27. The van der Waals surface area contributed by atoms with Crippen LogP contribution in [0.15, 0.2) is 60.1 Å². The molecule has 114 valence electrons. The Hall–Kier alpha value is -2.66. The highest BCUT2D eigenvalue weighted by molar-refractivity contribution is 7.14. The van der Waals surface area contributed by atoms with Crippen LogP contribution < -0.4 is 5.32 Å². The number of H-pyrrole nitrogens is 1. The van der Waals surface area contributed by atoms with Gasteiger partial charge in [-0.2, -0.15) is 0 Å². The third-order valence-corrected chi connectivity index (χ3v) is 4.53. The zero-order chi connectivity index (χ0) is 15.6. The standard InChI is InChI=1S/C18H14FN3S/c19-13-7-5-12(6-8-13)9-21-18-22-17(11-23-18)15-10-20-16-4-2-1-3-14(15)16/h1-8,10-11,20H,9H2,(H,21,22). The fraction of sp³-hybridized carbons (Fsp3) is 0.0556. The third kappa shape index (κ3) is 2.83. The van der Waals surface area contributed by atoms with Gasteiger partial charge in [0.15, 0.2) is 5.13 Å². The Kier molecular flexibility index (Phi) is 3.55. The van der Waals surface area contributed by atoms with Crippen molar-refractivity contribution in [3.8, 4) is 11.3 Å². The van der Waals surface area contributed by atoms with Crippen LogP contribution >= 0.6 is 11.3 Å². The molecule has 2 aromatic carbocycles. The summed E-state index contributed by atoms with van der Waals surface area (Å²) < 4.78 is 12.9. The van der Waals surface area contributed by atoms with Gasteiger partial charge in [-0.25, -0.2) is 9.37 Å². The van der Waals surface area contributed by atoms with Crippen molar-refractivity contribution >= 4 is 27.4 Å². The molecule has 4 rings (SSSR count). The molecule has 2 aromatic heterocycles. The van der Waals surface area contributed by atoms with Crippen LogP contribution in [0.2, 0.25) is 0 Å². The molecule has 0 atom stereocenters. The van der Waals surface area contributed by atoms with Gasteiger partial charge in [-0.15, -0.1) is 11.3 Å². The fourth-order valence-electron chi connectivity index (χ4n) is 2.54. The number of hydrogen-bond acceptors (Lipinski definition) is 3. The zero-order valence-electron chi connectivity index (χ0n) is 12.2. The fourth-order valence-corrected chi connectivity index (χ4v) is 3.25. The Balaban J connectivity index is 1.53. The topological polar surface area (TPSA) is 40.7 Å². The van der Waals surface area contributed by atoms with E-state index >= 15 is 0 Å². The molecule has 0 bridgehead atoms. The maximum atomic E-state index is 12.9. The summed E-state index contributed by atoms with van der Waals surface area (Å²) in [4.78, 5) is 7.92. The van der Waals surface area contributed by atoms with Crippen molar-refractivity contribution in [3.63, 3.8) is 0 Å². The number of anilines is 1. The number of halogens is 1. The number of nitrogens with zero attached hydrogens (tertiary/aromatic N) is 1. The zero-order valence-corrected chi connectivity index (χ0v) is 13.0. The largest absolute Gasteiger partial charge is 0.360 e. The molecule has 0 saturated heterocycles. The summed E-state index contributed by atoms with van der Waals surface area (Å²) in [5.74, 6) is -0.218. The van der Waals surface area contributed by atoms with Gasteiger partial charge in [0, 0.05) is 34.6 Å². The Labute approximate surface area is 136 Å². The van der Waals surface area contributed by atoms with E-state index in [0.29, 0.717) is 6.54 Å².